The standard InChI is InChI=1S/C20H38O4/c1-4-5-6-7-17(21)11-9-16-10-13-19(22)18(16)12-8-15(2)14-20(23)24-3/h15-19,21-22H,4-14H2,1-3H3/t15?,16-,17?,18-,19+/m0/s1. The van der Waals surface area contributed by atoms with E-state index in [1.54, 1.807) is 0 Å². The van der Waals surface area contributed by atoms with Crippen LogP contribution in [0.15, 0.2) is 0 Å². The van der Waals surface area contributed by atoms with E-state index in [4.69, 9.17) is 4.74 Å². The second kappa shape index (κ2) is 11.9. The Morgan fingerprint density at radius 3 is 2.58 bits per heavy atom. The minimum absolute atomic E-state index is 0.152. The Morgan fingerprint density at radius 1 is 1.17 bits per heavy atom. The summed E-state index contributed by atoms with van der Waals surface area (Å²) in [5, 5.41) is 20.4. The largest absolute Gasteiger partial charge is 0.469 e. The molecule has 2 unspecified atom stereocenters. The van der Waals surface area contributed by atoms with Crippen molar-refractivity contribution in [1.29, 1.82) is 0 Å². The van der Waals surface area contributed by atoms with Gasteiger partial charge in [0.15, 0.2) is 0 Å². The van der Waals surface area contributed by atoms with E-state index in [-0.39, 0.29) is 18.2 Å². The number of methoxy groups -OCH3 is 1. The van der Waals surface area contributed by atoms with Gasteiger partial charge in [0.1, 0.15) is 0 Å². The van der Waals surface area contributed by atoms with Crippen LogP contribution >= 0.6 is 0 Å². The predicted octanol–water partition coefficient (Wildman–Crippen LogP) is 4.07. The summed E-state index contributed by atoms with van der Waals surface area (Å²) in [7, 11) is 1.43. The van der Waals surface area contributed by atoms with E-state index in [2.05, 4.69) is 13.8 Å². The van der Waals surface area contributed by atoms with Crippen LogP contribution in [0.4, 0.5) is 0 Å². The molecule has 0 aromatic rings. The van der Waals surface area contributed by atoms with Gasteiger partial charge in [-0.15, -0.1) is 0 Å². The van der Waals surface area contributed by atoms with Crippen molar-refractivity contribution in [3.63, 3.8) is 0 Å². The van der Waals surface area contributed by atoms with Gasteiger partial charge in [0.2, 0.25) is 0 Å². The molecule has 24 heavy (non-hydrogen) atoms. The number of aliphatic hydroxyl groups excluding tert-OH is 2. The molecule has 0 aromatic heterocycles. The monoisotopic (exact) mass is 342 g/mol. The molecule has 1 aliphatic carbocycles. The quantitative estimate of drug-likeness (QED) is 0.414. The fourth-order valence-corrected chi connectivity index (χ4v) is 4.04. The van der Waals surface area contributed by atoms with Crippen molar-refractivity contribution in [2.24, 2.45) is 17.8 Å². The number of aliphatic hydroxyl groups is 2. The fraction of sp³-hybridized carbons (Fsp3) is 0.950. The Morgan fingerprint density at radius 2 is 1.92 bits per heavy atom. The minimum atomic E-state index is -0.211. The van der Waals surface area contributed by atoms with Gasteiger partial charge in [0.05, 0.1) is 19.3 Å². The molecule has 0 saturated heterocycles. The third-order valence-electron chi connectivity index (χ3n) is 5.68. The summed E-state index contributed by atoms with van der Waals surface area (Å²) in [5.41, 5.74) is 0. The number of esters is 1. The third kappa shape index (κ3) is 7.98. The van der Waals surface area contributed by atoms with Gasteiger partial charge in [-0.25, -0.2) is 0 Å². The first-order valence-corrected chi connectivity index (χ1v) is 9.90. The number of rotatable bonds is 12. The molecule has 142 valence electrons. The Balaban J connectivity index is 2.32. The zero-order valence-electron chi connectivity index (χ0n) is 15.9. The van der Waals surface area contributed by atoms with Crippen molar-refractivity contribution in [2.75, 3.05) is 7.11 Å². The molecule has 1 rings (SSSR count). The van der Waals surface area contributed by atoms with Crippen molar-refractivity contribution in [3.8, 4) is 0 Å². The first kappa shape index (κ1) is 21.4. The highest BCUT2D eigenvalue weighted by atomic mass is 16.5. The predicted molar refractivity (Wildman–Crippen MR) is 96.6 cm³/mol. The summed E-state index contributed by atoms with van der Waals surface area (Å²) >= 11 is 0. The van der Waals surface area contributed by atoms with E-state index in [1.165, 1.54) is 20.0 Å². The fourth-order valence-electron chi connectivity index (χ4n) is 4.04. The van der Waals surface area contributed by atoms with Gasteiger partial charge in [-0.05, 0) is 62.7 Å². The molecule has 1 fully saturated rings. The van der Waals surface area contributed by atoms with Gasteiger partial charge >= 0.3 is 5.97 Å². The SMILES string of the molecule is CCCCCC(O)CC[C@H]1CC[C@@H](O)[C@H]1CCC(C)CC(=O)OC. The second-order valence-electron chi connectivity index (χ2n) is 7.76. The molecule has 0 heterocycles. The Labute approximate surface area is 148 Å². The smallest absolute Gasteiger partial charge is 0.305 e. The van der Waals surface area contributed by atoms with Crippen molar-refractivity contribution in [2.45, 2.75) is 96.7 Å². The maximum Gasteiger partial charge on any atom is 0.305 e. The summed E-state index contributed by atoms with van der Waals surface area (Å²) in [6.45, 7) is 4.25. The molecule has 0 radical (unpaired) electrons. The lowest BCUT2D eigenvalue weighted by Crippen LogP contribution is -2.21. The number of hydrogen-bond donors (Lipinski definition) is 2. The normalized spacial score (nSPS) is 26.3. The lowest BCUT2D eigenvalue weighted by Gasteiger charge is -2.24. The van der Waals surface area contributed by atoms with Gasteiger partial charge in [-0.2, -0.15) is 0 Å². The Hall–Kier alpha value is -0.610. The van der Waals surface area contributed by atoms with Gasteiger partial charge < -0.3 is 14.9 Å². The third-order valence-corrected chi connectivity index (χ3v) is 5.68. The van der Waals surface area contributed by atoms with Gasteiger partial charge in [-0.1, -0.05) is 33.1 Å². The Bertz CT molecular complexity index is 345. The molecule has 2 N–H and O–H groups in total. The maximum absolute atomic E-state index is 11.3. The van der Waals surface area contributed by atoms with Crippen molar-refractivity contribution < 1.29 is 19.7 Å². The highest BCUT2D eigenvalue weighted by Crippen LogP contribution is 2.39. The Kier molecular flexibility index (Phi) is 10.6. The molecule has 4 nitrogen and oxygen atoms in total. The van der Waals surface area contributed by atoms with Crippen molar-refractivity contribution >= 4 is 5.97 Å². The zero-order valence-corrected chi connectivity index (χ0v) is 15.9. The molecular weight excluding hydrogens is 304 g/mol. The highest BCUT2D eigenvalue weighted by molar-refractivity contribution is 5.69. The molecule has 0 aromatic carbocycles. The number of carbonyl (C=O) groups excluding carboxylic acids is 1. The average Bonchev–Trinajstić information content (AvgIpc) is 2.91. The molecule has 0 bridgehead atoms. The lowest BCUT2D eigenvalue weighted by molar-refractivity contribution is -0.141. The van der Waals surface area contributed by atoms with Crippen LogP contribution in [0, 0.1) is 17.8 Å². The van der Waals surface area contributed by atoms with Gasteiger partial charge in [0.25, 0.3) is 0 Å². The lowest BCUT2D eigenvalue weighted by atomic mass is 9.84. The first-order chi connectivity index (χ1) is 11.5. The van der Waals surface area contributed by atoms with Crippen molar-refractivity contribution in [3.05, 3.63) is 0 Å². The van der Waals surface area contributed by atoms with E-state index in [9.17, 15) is 15.0 Å². The van der Waals surface area contributed by atoms with Crippen molar-refractivity contribution in [1.82, 2.24) is 0 Å². The molecule has 5 atom stereocenters. The van der Waals surface area contributed by atoms with E-state index in [0.29, 0.717) is 24.2 Å². The van der Waals surface area contributed by atoms with Gasteiger partial charge in [-0.3, -0.25) is 4.79 Å². The van der Waals surface area contributed by atoms with Crippen LogP contribution in [0.5, 0.6) is 0 Å². The van der Waals surface area contributed by atoms with E-state index < -0.39 is 0 Å². The molecule has 0 spiro atoms. The number of ether oxygens (including phenoxy) is 1. The summed E-state index contributed by atoms with van der Waals surface area (Å²) < 4.78 is 4.72. The first-order valence-electron chi connectivity index (χ1n) is 9.90. The summed E-state index contributed by atoms with van der Waals surface area (Å²) in [6, 6.07) is 0. The number of unbranched alkanes of at least 4 members (excludes halogenated alkanes) is 2. The average molecular weight is 343 g/mol. The molecule has 1 aliphatic rings. The van der Waals surface area contributed by atoms with Gasteiger partial charge in [0, 0.05) is 6.42 Å². The van der Waals surface area contributed by atoms with Crippen LogP contribution in [0.3, 0.4) is 0 Å². The number of hydrogen-bond acceptors (Lipinski definition) is 4. The highest BCUT2D eigenvalue weighted by Gasteiger charge is 2.34. The maximum atomic E-state index is 11.3. The van der Waals surface area contributed by atoms with Crippen LogP contribution < -0.4 is 0 Å². The summed E-state index contributed by atoms with van der Waals surface area (Å²) in [4.78, 5) is 11.3. The second-order valence-corrected chi connectivity index (χ2v) is 7.76. The topological polar surface area (TPSA) is 66.8 Å². The van der Waals surface area contributed by atoms with Crippen LogP contribution in [0.25, 0.3) is 0 Å². The zero-order chi connectivity index (χ0) is 17.9. The number of carbonyl (C=O) groups is 1. The van der Waals surface area contributed by atoms with E-state index in [1.807, 2.05) is 0 Å². The van der Waals surface area contributed by atoms with Crippen LogP contribution in [0.2, 0.25) is 0 Å². The molecule has 1 saturated carbocycles. The van der Waals surface area contributed by atoms with Crippen LogP contribution in [-0.4, -0.2) is 35.5 Å². The summed E-state index contributed by atoms with van der Waals surface area (Å²) in [5.74, 6) is 0.992. The molecule has 0 amide bonds. The van der Waals surface area contributed by atoms with Crippen LogP contribution in [0.1, 0.15) is 84.5 Å². The van der Waals surface area contributed by atoms with E-state index in [0.717, 1.165) is 51.4 Å². The minimum Gasteiger partial charge on any atom is -0.469 e. The van der Waals surface area contributed by atoms with Crippen LogP contribution in [-0.2, 0) is 9.53 Å². The molecular formula is C20H38O4. The van der Waals surface area contributed by atoms with E-state index >= 15 is 0 Å². The molecule has 4 heteroatoms. The molecule has 0 aliphatic heterocycles. The summed E-state index contributed by atoms with van der Waals surface area (Å²) in [6.07, 6.45) is 10.2.